The smallest absolute Gasteiger partial charge is 0.322 e. The summed E-state index contributed by atoms with van der Waals surface area (Å²) in [6.45, 7) is 2.05. The maximum absolute atomic E-state index is 11.5. The fourth-order valence-electron chi connectivity index (χ4n) is 2.22. The molecule has 112 valence electrons. The molecule has 2 unspecified atom stereocenters. The second-order valence-corrected chi connectivity index (χ2v) is 4.58. The molecule has 2 N–H and O–H groups in total. The Labute approximate surface area is 120 Å². The molecule has 0 spiro atoms. The lowest BCUT2D eigenvalue weighted by Gasteiger charge is -2.21. The molecule has 0 aromatic heterocycles. The molecule has 2 atom stereocenters. The van der Waals surface area contributed by atoms with E-state index in [9.17, 15) is 4.79 Å². The number of hydrogen-bond acceptors (Lipinski definition) is 5. The number of carbonyl (C=O) groups excluding carboxylic acids is 1. The zero-order valence-corrected chi connectivity index (χ0v) is 12.5. The Morgan fingerprint density at radius 2 is 1.95 bits per heavy atom. The van der Waals surface area contributed by atoms with Crippen molar-refractivity contribution in [3.63, 3.8) is 0 Å². The van der Waals surface area contributed by atoms with Crippen LogP contribution in [0.3, 0.4) is 0 Å². The van der Waals surface area contributed by atoms with Crippen LogP contribution < -0.4 is 15.2 Å². The number of hydrogen-bond donors (Lipinski definition) is 1. The van der Waals surface area contributed by atoms with Gasteiger partial charge in [-0.3, -0.25) is 4.79 Å². The minimum atomic E-state index is -0.628. The summed E-state index contributed by atoms with van der Waals surface area (Å²) in [5.41, 5.74) is 6.87. The van der Waals surface area contributed by atoms with Gasteiger partial charge in [-0.2, -0.15) is 0 Å². The van der Waals surface area contributed by atoms with Crippen molar-refractivity contribution in [2.75, 3.05) is 21.3 Å². The molecule has 0 aliphatic heterocycles. The Morgan fingerprint density at radius 1 is 1.25 bits per heavy atom. The molecule has 1 rings (SSSR count). The highest BCUT2D eigenvalue weighted by molar-refractivity contribution is 5.75. The van der Waals surface area contributed by atoms with Crippen LogP contribution in [0.15, 0.2) is 18.2 Å². The van der Waals surface area contributed by atoms with Crippen molar-refractivity contribution in [2.24, 2.45) is 5.73 Å². The molecule has 20 heavy (non-hydrogen) atoms. The van der Waals surface area contributed by atoms with Crippen molar-refractivity contribution < 1.29 is 19.0 Å². The third-order valence-electron chi connectivity index (χ3n) is 3.42. The van der Waals surface area contributed by atoms with Gasteiger partial charge in [0.2, 0.25) is 0 Å². The van der Waals surface area contributed by atoms with E-state index in [1.54, 1.807) is 14.2 Å². The van der Waals surface area contributed by atoms with Crippen LogP contribution in [-0.2, 0) is 9.53 Å². The van der Waals surface area contributed by atoms with E-state index in [0.29, 0.717) is 6.42 Å². The molecule has 0 amide bonds. The molecular weight excluding hydrogens is 258 g/mol. The van der Waals surface area contributed by atoms with Crippen LogP contribution in [0.2, 0.25) is 0 Å². The summed E-state index contributed by atoms with van der Waals surface area (Å²) in [4.78, 5) is 11.5. The summed E-state index contributed by atoms with van der Waals surface area (Å²) in [5, 5.41) is 0. The van der Waals surface area contributed by atoms with Gasteiger partial charge in [-0.1, -0.05) is 13.0 Å². The number of benzene rings is 1. The van der Waals surface area contributed by atoms with E-state index in [2.05, 4.69) is 11.7 Å². The topological polar surface area (TPSA) is 70.8 Å². The number of methoxy groups -OCH3 is 3. The largest absolute Gasteiger partial charge is 0.497 e. The van der Waals surface area contributed by atoms with Crippen molar-refractivity contribution >= 4 is 5.97 Å². The van der Waals surface area contributed by atoms with Gasteiger partial charge in [0.1, 0.15) is 17.5 Å². The second kappa shape index (κ2) is 7.75. The van der Waals surface area contributed by atoms with Gasteiger partial charge in [0, 0.05) is 6.07 Å². The first-order chi connectivity index (χ1) is 9.57. The molecule has 1 aromatic rings. The summed E-state index contributed by atoms with van der Waals surface area (Å²) in [7, 11) is 4.57. The Kier molecular flexibility index (Phi) is 6.31. The summed E-state index contributed by atoms with van der Waals surface area (Å²) in [6, 6.07) is 5.04. The maximum Gasteiger partial charge on any atom is 0.322 e. The van der Waals surface area contributed by atoms with E-state index in [4.69, 9.17) is 15.2 Å². The van der Waals surface area contributed by atoms with E-state index >= 15 is 0 Å². The number of ether oxygens (including phenoxy) is 3. The maximum atomic E-state index is 11.5. The monoisotopic (exact) mass is 281 g/mol. The number of esters is 1. The third kappa shape index (κ3) is 3.87. The first kappa shape index (κ1) is 16.3. The molecule has 5 nitrogen and oxygen atoms in total. The highest BCUT2D eigenvalue weighted by atomic mass is 16.5. The van der Waals surface area contributed by atoms with Crippen LogP contribution >= 0.6 is 0 Å². The van der Waals surface area contributed by atoms with E-state index in [1.807, 2.05) is 18.2 Å². The first-order valence-corrected chi connectivity index (χ1v) is 6.62. The minimum Gasteiger partial charge on any atom is -0.497 e. The predicted molar refractivity (Wildman–Crippen MR) is 77.2 cm³/mol. The van der Waals surface area contributed by atoms with Crippen molar-refractivity contribution in [1.29, 1.82) is 0 Å². The third-order valence-corrected chi connectivity index (χ3v) is 3.42. The molecule has 0 fully saturated rings. The van der Waals surface area contributed by atoms with Gasteiger partial charge in [0.25, 0.3) is 0 Å². The highest BCUT2D eigenvalue weighted by Crippen LogP contribution is 2.34. The first-order valence-electron chi connectivity index (χ1n) is 6.62. The lowest BCUT2D eigenvalue weighted by Crippen LogP contribution is -2.33. The molecule has 0 saturated carbocycles. The average molecular weight is 281 g/mol. The molecule has 0 aliphatic carbocycles. The fourth-order valence-corrected chi connectivity index (χ4v) is 2.22. The molecule has 0 bridgehead atoms. The second-order valence-electron chi connectivity index (χ2n) is 4.58. The highest BCUT2D eigenvalue weighted by Gasteiger charge is 2.22. The van der Waals surface area contributed by atoms with Crippen LogP contribution in [0.4, 0.5) is 0 Å². The van der Waals surface area contributed by atoms with Gasteiger partial charge in [0.05, 0.1) is 21.3 Å². The number of nitrogens with two attached hydrogens (primary N) is 1. The lowest BCUT2D eigenvalue weighted by atomic mass is 9.89. The van der Waals surface area contributed by atoms with Crippen molar-refractivity contribution in [2.45, 2.75) is 31.7 Å². The van der Waals surface area contributed by atoms with Crippen molar-refractivity contribution in [3.05, 3.63) is 23.8 Å². The number of carbonyl (C=O) groups is 1. The van der Waals surface area contributed by atoms with Crippen LogP contribution in [-0.4, -0.2) is 33.3 Å². The van der Waals surface area contributed by atoms with Gasteiger partial charge in [0.15, 0.2) is 0 Å². The van der Waals surface area contributed by atoms with Crippen LogP contribution in [0.1, 0.15) is 31.2 Å². The lowest BCUT2D eigenvalue weighted by molar-refractivity contribution is -0.142. The van der Waals surface area contributed by atoms with Gasteiger partial charge >= 0.3 is 5.97 Å². The molecule has 0 heterocycles. The van der Waals surface area contributed by atoms with Gasteiger partial charge in [-0.05, 0) is 30.4 Å². The number of rotatable bonds is 7. The van der Waals surface area contributed by atoms with Crippen LogP contribution in [0.5, 0.6) is 11.5 Å². The Hall–Kier alpha value is -1.75. The van der Waals surface area contributed by atoms with Gasteiger partial charge in [-0.15, -0.1) is 0 Å². The quantitative estimate of drug-likeness (QED) is 0.775. The Balaban J connectivity index is 2.97. The average Bonchev–Trinajstić information content (AvgIpc) is 2.50. The Bertz CT molecular complexity index is 447. The summed E-state index contributed by atoms with van der Waals surface area (Å²) in [6.07, 6.45) is 1.37. The van der Waals surface area contributed by atoms with Crippen molar-refractivity contribution in [1.82, 2.24) is 0 Å². The van der Waals surface area contributed by atoms with Gasteiger partial charge < -0.3 is 19.9 Å². The normalized spacial score (nSPS) is 13.4. The molecule has 0 aliphatic rings. The van der Waals surface area contributed by atoms with Crippen molar-refractivity contribution in [3.8, 4) is 11.5 Å². The predicted octanol–water partition coefficient (Wildman–Crippen LogP) is 2.09. The Morgan fingerprint density at radius 3 is 2.45 bits per heavy atom. The fraction of sp³-hybridized carbons (Fsp3) is 0.533. The van der Waals surface area contributed by atoms with E-state index < -0.39 is 12.0 Å². The summed E-state index contributed by atoms with van der Waals surface area (Å²) < 4.78 is 15.3. The van der Waals surface area contributed by atoms with Crippen LogP contribution in [0, 0.1) is 0 Å². The van der Waals surface area contributed by atoms with Gasteiger partial charge in [-0.25, -0.2) is 0 Å². The zero-order chi connectivity index (χ0) is 15.1. The van der Waals surface area contributed by atoms with Crippen LogP contribution in [0.25, 0.3) is 0 Å². The zero-order valence-electron chi connectivity index (χ0n) is 12.5. The molecule has 5 heteroatoms. The molecule has 0 radical (unpaired) electrons. The summed E-state index contributed by atoms with van der Waals surface area (Å²) >= 11 is 0. The standard InChI is InChI=1S/C15H23NO4/c1-5-10(8-13(16)15(17)20-4)12-7-6-11(18-2)9-14(12)19-3/h6-7,9-10,13H,5,8,16H2,1-4H3. The molecule has 0 saturated heterocycles. The van der Waals surface area contributed by atoms with E-state index in [0.717, 1.165) is 23.5 Å². The van der Waals surface area contributed by atoms with E-state index in [-0.39, 0.29) is 5.92 Å². The molecular formula is C15H23NO4. The van der Waals surface area contributed by atoms with E-state index in [1.165, 1.54) is 7.11 Å². The SMILES string of the molecule is CCC(CC(N)C(=O)OC)c1ccc(OC)cc1OC. The summed E-state index contributed by atoms with van der Waals surface area (Å²) in [5.74, 6) is 1.21. The molecule has 1 aromatic carbocycles. The minimum absolute atomic E-state index is 0.130.